The van der Waals surface area contributed by atoms with Gasteiger partial charge in [0.2, 0.25) is 0 Å². The van der Waals surface area contributed by atoms with Crippen molar-refractivity contribution < 1.29 is 8.42 Å². The van der Waals surface area contributed by atoms with Gasteiger partial charge < -0.3 is 4.90 Å². The number of hydrogen-bond donors (Lipinski definition) is 1. The minimum atomic E-state index is -2.77. The van der Waals surface area contributed by atoms with Crippen LogP contribution < -0.4 is 5.32 Å². The van der Waals surface area contributed by atoms with Gasteiger partial charge in [-0.05, 0) is 45.6 Å². The molecule has 0 amide bonds. The first-order valence-electron chi connectivity index (χ1n) is 7.54. The minimum absolute atomic E-state index is 0.298. The summed E-state index contributed by atoms with van der Waals surface area (Å²) in [6.45, 7) is 4.26. The molecule has 114 valence electrons. The SMILES string of the molecule is CC(C#N)(CCCCN1CCS(=O)(=O)CC1)NC1CC1. The van der Waals surface area contributed by atoms with Gasteiger partial charge in [-0.1, -0.05) is 0 Å². The summed E-state index contributed by atoms with van der Waals surface area (Å²) in [5.41, 5.74) is -0.396. The van der Waals surface area contributed by atoms with Crippen molar-refractivity contribution in [2.75, 3.05) is 31.1 Å². The third kappa shape index (κ3) is 5.04. The van der Waals surface area contributed by atoms with E-state index in [1.165, 1.54) is 12.8 Å². The van der Waals surface area contributed by atoms with Crippen molar-refractivity contribution in [3.05, 3.63) is 0 Å². The molecule has 1 unspecified atom stereocenters. The fourth-order valence-electron chi connectivity index (χ4n) is 2.63. The Morgan fingerprint density at radius 1 is 1.30 bits per heavy atom. The molecule has 1 saturated heterocycles. The standard InChI is InChI=1S/C14H25N3O2S/c1-14(12-15,16-13-4-5-13)6-2-3-7-17-8-10-20(18,19)11-9-17/h13,16H,2-11H2,1H3. The predicted molar refractivity (Wildman–Crippen MR) is 79.1 cm³/mol. The second-order valence-electron chi connectivity index (χ2n) is 6.31. The van der Waals surface area contributed by atoms with Gasteiger partial charge in [0.15, 0.2) is 9.84 Å². The normalized spacial score (nSPS) is 25.8. The summed E-state index contributed by atoms with van der Waals surface area (Å²) in [6.07, 6.45) is 5.29. The van der Waals surface area contributed by atoms with E-state index in [-0.39, 0.29) is 0 Å². The van der Waals surface area contributed by atoms with Crippen LogP contribution in [0.4, 0.5) is 0 Å². The predicted octanol–water partition coefficient (Wildman–Crippen LogP) is 0.921. The molecule has 0 aromatic carbocycles. The van der Waals surface area contributed by atoms with Crippen LogP contribution in [0.5, 0.6) is 0 Å². The van der Waals surface area contributed by atoms with E-state index in [4.69, 9.17) is 0 Å². The molecule has 0 bridgehead atoms. The highest BCUT2D eigenvalue weighted by atomic mass is 32.2. The molecular formula is C14H25N3O2S. The van der Waals surface area contributed by atoms with Crippen molar-refractivity contribution in [2.45, 2.75) is 50.6 Å². The van der Waals surface area contributed by atoms with Crippen molar-refractivity contribution in [1.82, 2.24) is 10.2 Å². The lowest BCUT2D eigenvalue weighted by atomic mass is 9.96. The quantitative estimate of drug-likeness (QED) is 0.708. The third-order valence-corrected chi connectivity index (χ3v) is 5.79. The van der Waals surface area contributed by atoms with Gasteiger partial charge in [-0.15, -0.1) is 0 Å². The topological polar surface area (TPSA) is 73.2 Å². The van der Waals surface area contributed by atoms with E-state index in [1.807, 2.05) is 6.92 Å². The number of unbranched alkanes of at least 4 members (excludes halogenated alkanes) is 1. The Kier molecular flexibility index (Phi) is 5.05. The average Bonchev–Trinajstić information content (AvgIpc) is 3.20. The van der Waals surface area contributed by atoms with E-state index in [0.717, 1.165) is 25.8 Å². The van der Waals surface area contributed by atoms with Crippen LogP contribution in [0.15, 0.2) is 0 Å². The van der Waals surface area contributed by atoms with Gasteiger partial charge in [0.1, 0.15) is 5.54 Å². The summed E-state index contributed by atoms with van der Waals surface area (Å²) in [4.78, 5) is 2.22. The smallest absolute Gasteiger partial charge is 0.152 e. The Morgan fingerprint density at radius 2 is 1.95 bits per heavy atom. The lowest BCUT2D eigenvalue weighted by molar-refractivity contribution is 0.282. The largest absolute Gasteiger partial charge is 0.301 e. The van der Waals surface area contributed by atoms with Crippen LogP contribution in [0.3, 0.4) is 0 Å². The Morgan fingerprint density at radius 3 is 2.50 bits per heavy atom. The maximum atomic E-state index is 11.3. The molecule has 1 heterocycles. The number of hydrogen-bond acceptors (Lipinski definition) is 5. The summed E-state index contributed by atoms with van der Waals surface area (Å²) >= 11 is 0. The Balaban J connectivity index is 1.62. The van der Waals surface area contributed by atoms with Gasteiger partial charge in [0.25, 0.3) is 0 Å². The van der Waals surface area contributed by atoms with Gasteiger partial charge >= 0.3 is 0 Å². The average molecular weight is 299 g/mol. The van der Waals surface area contributed by atoms with E-state index in [2.05, 4.69) is 16.3 Å². The summed E-state index contributed by atoms with van der Waals surface area (Å²) in [5, 5.41) is 12.7. The van der Waals surface area contributed by atoms with E-state index < -0.39 is 15.4 Å². The maximum absolute atomic E-state index is 11.3. The molecule has 20 heavy (non-hydrogen) atoms. The van der Waals surface area contributed by atoms with Gasteiger partial charge in [0, 0.05) is 19.1 Å². The molecule has 5 nitrogen and oxygen atoms in total. The fraction of sp³-hybridized carbons (Fsp3) is 0.929. The van der Waals surface area contributed by atoms with E-state index >= 15 is 0 Å². The Bertz CT molecular complexity index is 453. The van der Waals surface area contributed by atoms with Crippen LogP contribution in [0.1, 0.15) is 39.0 Å². The highest BCUT2D eigenvalue weighted by Gasteiger charge is 2.32. The van der Waals surface area contributed by atoms with Gasteiger partial charge in [-0.3, -0.25) is 5.32 Å². The molecule has 2 rings (SSSR count). The van der Waals surface area contributed by atoms with Crippen LogP contribution >= 0.6 is 0 Å². The van der Waals surface area contributed by atoms with Gasteiger partial charge in [-0.25, -0.2) is 8.42 Å². The van der Waals surface area contributed by atoms with E-state index in [1.54, 1.807) is 0 Å². The minimum Gasteiger partial charge on any atom is -0.301 e. The summed E-state index contributed by atoms with van der Waals surface area (Å²) in [5.74, 6) is 0.596. The molecular weight excluding hydrogens is 274 g/mol. The van der Waals surface area contributed by atoms with Crippen LogP contribution in [0.25, 0.3) is 0 Å². The molecule has 0 spiro atoms. The van der Waals surface area contributed by atoms with Crippen molar-refractivity contribution >= 4 is 9.84 Å². The zero-order chi connectivity index (χ0) is 14.6. The first-order chi connectivity index (χ1) is 9.42. The van der Waals surface area contributed by atoms with E-state index in [9.17, 15) is 13.7 Å². The second-order valence-corrected chi connectivity index (χ2v) is 8.62. The number of rotatable bonds is 7. The lowest BCUT2D eigenvalue weighted by Crippen LogP contribution is -2.43. The van der Waals surface area contributed by atoms with Crippen molar-refractivity contribution in [1.29, 1.82) is 5.26 Å². The van der Waals surface area contributed by atoms with E-state index in [0.29, 0.717) is 30.6 Å². The highest BCUT2D eigenvalue weighted by Crippen LogP contribution is 2.24. The third-order valence-electron chi connectivity index (χ3n) is 4.18. The molecule has 0 aromatic heterocycles. The molecule has 1 aliphatic heterocycles. The first-order valence-corrected chi connectivity index (χ1v) is 9.36. The van der Waals surface area contributed by atoms with Gasteiger partial charge in [0.05, 0.1) is 17.6 Å². The van der Waals surface area contributed by atoms with Crippen LogP contribution in [-0.2, 0) is 9.84 Å². The van der Waals surface area contributed by atoms with Crippen LogP contribution in [0.2, 0.25) is 0 Å². The maximum Gasteiger partial charge on any atom is 0.152 e. The number of nitriles is 1. The summed E-state index contributed by atoms with van der Waals surface area (Å²) < 4.78 is 22.7. The first kappa shape index (κ1) is 15.7. The molecule has 1 N–H and O–H groups in total. The molecule has 1 atom stereocenters. The highest BCUT2D eigenvalue weighted by molar-refractivity contribution is 7.91. The molecule has 1 aliphatic carbocycles. The molecule has 6 heteroatoms. The van der Waals surface area contributed by atoms with Crippen LogP contribution in [0, 0.1) is 11.3 Å². The Hall–Kier alpha value is -0.640. The molecule has 1 saturated carbocycles. The van der Waals surface area contributed by atoms with Gasteiger partial charge in [-0.2, -0.15) is 5.26 Å². The number of sulfone groups is 1. The monoisotopic (exact) mass is 299 g/mol. The fourth-order valence-corrected chi connectivity index (χ4v) is 3.90. The number of nitrogens with zero attached hydrogens (tertiary/aromatic N) is 2. The molecule has 2 aliphatic rings. The lowest BCUT2D eigenvalue weighted by Gasteiger charge is -2.27. The zero-order valence-corrected chi connectivity index (χ0v) is 13.1. The zero-order valence-electron chi connectivity index (χ0n) is 12.3. The summed E-state index contributed by atoms with van der Waals surface area (Å²) in [6, 6.07) is 2.94. The van der Waals surface area contributed by atoms with Crippen molar-refractivity contribution in [2.24, 2.45) is 0 Å². The molecule has 0 aromatic rings. The summed E-state index contributed by atoms with van der Waals surface area (Å²) in [7, 11) is -2.77. The molecule has 2 fully saturated rings. The number of nitrogens with one attached hydrogen (secondary N) is 1. The molecule has 0 radical (unpaired) electrons. The van der Waals surface area contributed by atoms with Crippen molar-refractivity contribution in [3.63, 3.8) is 0 Å². The van der Waals surface area contributed by atoms with Crippen molar-refractivity contribution in [3.8, 4) is 6.07 Å². The second kappa shape index (κ2) is 6.42. The Labute approximate surface area is 122 Å². The van der Waals surface area contributed by atoms with Crippen LogP contribution in [-0.4, -0.2) is 56.0 Å².